The van der Waals surface area contributed by atoms with Gasteiger partial charge in [-0.25, -0.2) is 14.1 Å². The first-order chi connectivity index (χ1) is 13.1. The number of nitrogens with zero attached hydrogens (tertiary/aromatic N) is 4. The second-order valence-electron chi connectivity index (χ2n) is 6.09. The molecule has 3 rings (SSSR count). The van der Waals surface area contributed by atoms with Gasteiger partial charge in [0.1, 0.15) is 17.5 Å². The molecule has 2 heterocycles. The average molecular weight is 369 g/mol. The summed E-state index contributed by atoms with van der Waals surface area (Å²) in [5.41, 5.74) is 1.05. The number of allylic oxidation sites excluding steroid dienone is 1. The summed E-state index contributed by atoms with van der Waals surface area (Å²) in [6.07, 6.45) is 5.66. The lowest BCUT2D eigenvalue weighted by Crippen LogP contribution is -2.27. The molecule has 0 saturated heterocycles. The molecule has 0 aliphatic heterocycles. The molecule has 0 atom stereocenters. The third kappa shape index (κ3) is 4.46. The van der Waals surface area contributed by atoms with Gasteiger partial charge in [-0.2, -0.15) is 5.10 Å². The summed E-state index contributed by atoms with van der Waals surface area (Å²) in [6, 6.07) is 5.97. The van der Waals surface area contributed by atoms with Crippen LogP contribution in [0.2, 0.25) is 0 Å². The first kappa shape index (κ1) is 18.5. The molecular weight excluding hydrogens is 349 g/mol. The van der Waals surface area contributed by atoms with Crippen molar-refractivity contribution in [1.82, 2.24) is 24.6 Å². The molecule has 0 fully saturated rings. The second kappa shape index (κ2) is 8.39. The molecule has 1 aromatic carbocycles. The monoisotopic (exact) mass is 369 g/mol. The van der Waals surface area contributed by atoms with Crippen LogP contribution < -0.4 is 10.9 Å². The average Bonchev–Trinajstić information content (AvgIpc) is 3.08. The van der Waals surface area contributed by atoms with Crippen molar-refractivity contribution in [1.29, 1.82) is 0 Å². The number of halogens is 1. The molecule has 1 amide bonds. The van der Waals surface area contributed by atoms with Crippen molar-refractivity contribution in [3.63, 3.8) is 0 Å². The summed E-state index contributed by atoms with van der Waals surface area (Å²) in [5, 5.41) is 7.39. The molecule has 0 unspecified atom stereocenters. The Morgan fingerprint density at radius 2 is 2.07 bits per heavy atom. The number of amides is 1. The van der Waals surface area contributed by atoms with Crippen molar-refractivity contribution < 1.29 is 9.18 Å². The highest BCUT2D eigenvalue weighted by atomic mass is 19.1. The quantitative estimate of drug-likeness (QED) is 0.615. The molecular formula is C19H20FN5O2. The van der Waals surface area contributed by atoms with Crippen LogP contribution in [0, 0.1) is 5.82 Å². The lowest BCUT2D eigenvalue weighted by molar-refractivity contribution is -0.121. The fourth-order valence-corrected chi connectivity index (χ4v) is 2.68. The van der Waals surface area contributed by atoms with E-state index < -0.39 is 0 Å². The van der Waals surface area contributed by atoms with Gasteiger partial charge < -0.3 is 5.32 Å². The van der Waals surface area contributed by atoms with E-state index in [1.165, 1.54) is 29.2 Å². The molecule has 1 N–H and O–H groups in total. The Balaban J connectivity index is 1.70. The Morgan fingerprint density at radius 1 is 1.30 bits per heavy atom. The SMILES string of the molecule is C=CCCC(=O)NCCn1ncc2c(=O)n(Cc3ccc(F)cc3)cnc21. The molecule has 0 aliphatic rings. The molecule has 27 heavy (non-hydrogen) atoms. The Kier molecular flexibility index (Phi) is 5.75. The predicted octanol–water partition coefficient (Wildman–Crippen LogP) is 1.86. The van der Waals surface area contributed by atoms with Crippen LogP contribution in [0.3, 0.4) is 0 Å². The van der Waals surface area contributed by atoms with Gasteiger partial charge in [-0.05, 0) is 24.1 Å². The number of aromatic nitrogens is 4. The standard InChI is InChI=1S/C19H20FN5O2/c1-2-3-4-17(26)21-9-10-25-18-16(11-23-25)19(27)24(13-22-18)12-14-5-7-15(20)8-6-14/h2,5-8,11,13H,1,3-4,9-10,12H2,(H,21,26). The number of hydrogen-bond donors (Lipinski definition) is 1. The van der Waals surface area contributed by atoms with E-state index in [1.807, 2.05) is 0 Å². The van der Waals surface area contributed by atoms with E-state index in [0.29, 0.717) is 43.5 Å². The molecule has 2 aromatic heterocycles. The fraction of sp³-hybridized carbons (Fsp3) is 0.263. The summed E-state index contributed by atoms with van der Waals surface area (Å²) < 4.78 is 16.1. The van der Waals surface area contributed by atoms with E-state index >= 15 is 0 Å². The van der Waals surface area contributed by atoms with Gasteiger partial charge in [0.05, 0.1) is 19.3 Å². The second-order valence-corrected chi connectivity index (χ2v) is 6.09. The maximum absolute atomic E-state index is 13.0. The van der Waals surface area contributed by atoms with Gasteiger partial charge in [0.15, 0.2) is 5.65 Å². The molecule has 0 bridgehead atoms. The molecule has 7 nitrogen and oxygen atoms in total. The topological polar surface area (TPSA) is 81.8 Å². The Hall–Kier alpha value is -3.29. The van der Waals surface area contributed by atoms with Crippen LogP contribution in [0.4, 0.5) is 4.39 Å². The summed E-state index contributed by atoms with van der Waals surface area (Å²) >= 11 is 0. The smallest absolute Gasteiger partial charge is 0.264 e. The predicted molar refractivity (Wildman–Crippen MR) is 99.7 cm³/mol. The minimum Gasteiger partial charge on any atom is -0.354 e. The lowest BCUT2D eigenvalue weighted by Gasteiger charge is -2.07. The van der Waals surface area contributed by atoms with Crippen LogP contribution in [-0.2, 0) is 17.9 Å². The van der Waals surface area contributed by atoms with Crippen LogP contribution in [0.1, 0.15) is 18.4 Å². The van der Waals surface area contributed by atoms with Crippen LogP contribution in [0.25, 0.3) is 11.0 Å². The zero-order valence-corrected chi connectivity index (χ0v) is 14.8. The molecule has 0 spiro atoms. The van der Waals surface area contributed by atoms with E-state index in [0.717, 1.165) is 5.56 Å². The van der Waals surface area contributed by atoms with Crippen molar-refractivity contribution in [3.05, 3.63) is 71.2 Å². The van der Waals surface area contributed by atoms with Crippen molar-refractivity contribution in [2.24, 2.45) is 0 Å². The summed E-state index contributed by atoms with van der Waals surface area (Å²) in [4.78, 5) is 28.6. The number of nitrogens with one attached hydrogen (secondary N) is 1. The zero-order valence-electron chi connectivity index (χ0n) is 14.8. The largest absolute Gasteiger partial charge is 0.354 e. The third-order valence-corrected chi connectivity index (χ3v) is 4.11. The van der Waals surface area contributed by atoms with Crippen LogP contribution in [0.5, 0.6) is 0 Å². The van der Waals surface area contributed by atoms with Gasteiger partial charge in [0.25, 0.3) is 5.56 Å². The number of benzene rings is 1. The minimum atomic E-state index is -0.322. The highest BCUT2D eigenvalue weighted by molar-refractivity contribution is 5.76. The number of rotatable bonds is 8. The number of hydrogen-bond acceptors (Lipinski definition) is 4. The zero-order chi connectivity index (χ0) is 19.2. The highest BCUT2D eigenvalue weighted by Gasteiger charge is 2.10. The normalized spacial score (nSPS) is 10.9. The van der Waals surface area contributed by atoms with Crippen LogP contribution >= 0.6 is 0 Å². The molecule has 0 radical (unpaired) electrons. The van der Waals surface area contributed by atoms with Crippen molar-refractivity contribution >= 4 is 16.9 Å². The van der Waals surface area contributed by atoms with E-state index in [1.54, 1.807) is 22.9 Å². The Morgan fingerprint density at radius 3 is 2.81 bits per heavy atom. The molecule has 8 heteroatoms. The van der Waals surface area contributed by atoms with E-state index in [2.05, 4.69) is 22.0 Å². The molecule has 140 valence electrons. The number of carbonyl (C=O) groups excluding carboxylic acids is 1. The number of fused-ring (bicyclic) bond motifs is 1. The van der Waals surface area contributed by atoms with E-state index in [4.69, 9.17) is 0 Å². The van der Waals surface area contributed by atoms with Crippen molar-refractivity contribution in [2.75, 3.05) is 6.54 Å². The first-order valence-electron chi connectivity index (χ1n) is 8.61. The summed E-state index contributed by atoms with van der Waals surface area (Å²) in [6.45, 7) is 4.69. The lowest BCUT2D eigenvalue weighted by atomic mass is 10.2. The summed E-state index contributed by atoms with van der Waals surface area (Å²) in [7, 11) is 0. The number of carbonyl (C=O) groups is 1. The maximum atomic E-state index is 13.0. The molecule has 0 aliphatic carbocycles. The van der Waals surface area contributed by atoms with Gasteiger partial charge in [-0.3, -0.25) is 14.2 Å². The molecule has 3 aromatic rings. The van der Waals surface area contributed by atoms with Gasteiger partial charge in [-0.15, -0.1) is 6.58 Å². The van der Waals surface area contributed by atoms with Crippen LogP contribution in [0.15, 0.2) is 54.2 Å². The van der Waals surface area contributed by atoms with Gasteiger partial charge in [0.2, 0.25) is 5.91 Å². The van der Waals surface area contributed by atoms with Crippen LogP contribution in [-0.4, -0.2) is 31.8 Å². The highest BCUT2D eigenvalue weighted by Crippen LogP contribution is 2.08. The van der Waals surface area contributed by atoms with Gasteiger partial charge in [-0.1, -0.05) is 18.2 Å². The molecule has 0 saturated carbocycles. The van der Waals surface area contributed by atoms with Gasteiger partial charge in [0, 0.05) is 13.0 Å². The van der Waals surface area contributed by atoms with E-state index in [-0.39, 0.29) is 17.3 Å². The van der Waals surface area contributed by atoms with E-state index in [9.17, 15) is 14.0 Å². The first-order valence-corrected chi connectivity index (χ1v) is 8.61. The Labute approximate surface area is 155 Å². The minimum absolute atomic E-state index is 0.0547. The Bertz CT molecular complexity index is 1010. The maximum Gasteiger partial charge on any atom is 0.264 e. The van der Waals surface area contributed by atoms with Crippen molar-refractivity contribution in [2.45, 2.75) is 25.9 Å². The van der Waals surface area contributed by atoms with Gasteiger partial charge >= 0.3 is 0 Å². The van der Waals surface area contributed by atoms with Crippen molar-refractivity contribution in [3.8, 4) is 0 Å². The summed E-state index contributed by atoms with van der Waals surface area (Å²) in [5.74, 6) is -0.376. The fourth-order valence-electron chi connectivity index (χ4n) is 2.68. The third-order valence-electron chi connectivity index (χ3n) is 4.11.